The summed E-state index contributed by atoms with van der Waals surface area (Å²) in [5.74, 6) is -0.290. The van der Waals surface area contributed by atoms with Gasteiger partial charge in [-0.05, 0) is 43.2 Å². The van der Waals surface area contributed by atoms with E-state index in [1.807, 2.05) is 44.2 Å². The van der Waals surface area contributed by atoms with E-state index in [0.29, 0.717) is 10.7 Å². The maximum Gasteiger partial charge on any atom is 0.329 e. The molecule has 0 unspecified atom stereocenters. The summed E-state index contributed by atoms with van der Waals surface area (Å²) >= 11 is 6.22. The van der Waals surface area contributed by atoms with Gasteiger partial charge in [-0.25, -0.2) is 4.79 Å². The molecule has 3 aromatic rings. The van der Waals surface area contributed by atoms with E-state index in [4.69, 9.17) is 11.6 Å². The molecule has 0 atom stereocenters. The van der Waals surface area contributed by atoms with E-state index in [0.717, 1.165) is 22.2 Å². The summed E-state index contributed by atoms with van der Waals surface area (Å²) in [6.45, 7) is 3.77. The summed E-state index contributed by atoms with van der Waals surface area (Å²) in [6, 6.07) is 11.1. The number of para-hydroxylation sites is 2. The number of nitrogens with zero attached hydrogens (tertiary/aromatic N) is 2. The Morgan fingerprint density at radius 1 is 1.17 bits per heavy atom. The Morgan fingerprint density at radius 3 is 2.50 bits per heavy atom. The molecule has 0 aliphatic carbocycles. The molecule has 1 amide bonds. The minimum absolute atomic E-state index is 0.0656. The van der Waals surface area contributed by atoms with Crippen molar-refractivity contribution in [3.05, 3.63) is 63.0 Å². The van der Waals surface area contributed by atoms with Crippen molar-refractivity contribution < 1.29 is 4.79 Å². The van der Waals surface area contributed by atoms with Crippen molar-refractivity contribution in [2.75, 3.05) is 5.32 Å². The Hall–Kier alpha value is -2.53. The molecular weight excluding hydrogens is 326 g/mol. The van der Waals surface area contributed by atoms with Crippen molar-refractivity contribution in [2.24, 2.45) is 7.05 Å². The summed E-state index contributed by atoms with van der Waals surface area (Å²) in [7, 11) is 1.69. The lowest BCUT2D eigenvalue weighted by molar-refractivity contribution is -0.116. The van der Waals surface area contributed by atoms with Crippen LogP contribution >= 0.6 is 11.6 Å². The van der Waals surface area contributed by atoms with E-state index < -0.39 is 0 Å². The van der Waals surface area contributed by atoms with Crippen molar-refractivity contribution in [3.63, 3.8) is 0 Å². The second-order valence-corrected chi connectivity index (χ2v) is 6.31. The molecule has 1 aromatic heterocycles. The van der Waals surface area contributed by atoms with Crippen molar-refractivity contribution >= 4 is 34.2 Å². The van der Waals surface area contributed by atoms with Crippen LogP contribution in [0.4, 0.5) is 5.69 Å². The zero-order valence-corrected chi connectivity index (χ0v) is 14.5. The minimum Gasteiger partial charge on any atom is -0.323 e. The van der Waals surface area contributed by atoms with E-state index in [-0.39, 0.29) is 18.1 Å². The molecule has 1 N–H and O–H groups in total. The second-order valence-electron chi connectivity index (χ2n) is 5.90. The fraction of sp³-hybridized carbons (Fsp3) is 0.222. The van der Waals surface area contributed by atoms with Crippen LogP contribution in [-0.4, -0.2) is 15.0 Å². The quantitative estimate of drug-likeness (QED) is 0.793. The summed E-state index contributed by atoms with van der Waals surface area (Å²) in [4.78, 5) is 24.8. The topological polar surface area (TPSA) is 56.0 Å². The number of fused-ring (bicyclic) bond motifs is 1. The lowest BCUT2D eigenvalue weighted by Gasteiger charge is -2.12. The van der Waals surface area contributed by atoms with Crippen LogP contribution in [-0.2, 0) is 18.4 Å². The average Bonchev–Trinajstić information content (AvgIpc) is 2.76. The number of nitrogens with one attached hydrogen (secondary N) is 1. The summed E-state index contributed by atoms with van der Waals surface area (Å²) < 4.78 is 2.99. The van der Waals surface area contributed by atoms with E-state index in [9.17, 15) is 9.59 Å². The van der Waals surface area contributed by atoms with E-state index >= 15 is 0 Å². The number of carbonyl (C=O) groups excluding carboxylic acids is 1. The normalized spacial score (nSPS) is 11.0. The van der Waals surface area contributed by atoms with Gasteiger partial charge in [0.1, 0.15) is 6.54 Å². The molecule has 1 heterocycles. The lowest BCUT2D eigenvalue weighted by Crippen LogP contribution is -2.28. The van der Waals surface area contributed by atoms with Crippen LogP contribution < -0.4 is 11.0 Å². The Bertz CT molecular complexity index is 978. The number of aryl methyl sites for hydroxylation is 3. The highest BCUT2D eigenvalue weighted by atomic mass is 35.5. The number of aromatic nitrogens is 2. The van der Waals surface area contributed by atoms with Gasteiger partial charge < -0.3 is 5.32 Å². The number of halogens is 1. The summed E-state index contributed by atoms with van der Waals surface area (Å²) in [5, 5.41) is 3.31. The Balaban J connectivity index is 1.92. The summed E-state index contributed by atoms with van der Waals surface area (Å²) in [5.41, 5.74) is 3.80. The van der Waals surface area contributed by atoms with Gasteiger partial charge in [0, 0.05) is 7.05 Å². The highest BCUT2D eigenvalue weighted by Gasteiger charge is 2.15. The standard InChI is InChI=1S/C18H18ClN3O2/c1-11-8-12(2)17(13(19)9-11)20-16(23)10-22-15-7-5-4-6-14(15)21(3)18(22)24/h4-9H,10H2,1-3H3,(H,20,23). The first-order valence-corrected chi connectivity index (χ1v) is 7.97. The predicted octanol–water partition coefficient (Wildman–Crippen LogP) is 3.25. The van der Waals surface area contributed by atoms with Crippen LogP contribution in [0.15, 0.2) is 41.2 Å². The lowest BCUT2D eigenvalue weighted by atomic mass is 10.1. The Labute approximate surface area is 144 Å². The first-order chi connectivity index (χ1) is 11.4. The van der Waals surface area contributed by atoms with Crippen LogP contribution in [0.25, 0.3) is 11.0 Å². The largest absolute Gasteiger partial charge is 0.329 e. The van der Waals surface area contributed by atoms with E-state index in [2.05, 4.69) is 5.32 Å². The number of amides is 1. The van der Waals surface area contributed by atoms with Gasteiger partial charge in [-0.15, -0.1) is 0 Å². The molecule has 124 valence electrons. The third-order valence-electron chi connectivity index (χ3n) is 4.05. The smallest absolute Gasteiger partial charge is 0.323 e. The Kier molecular flexibility index (Phi) is 4.20. The maximum absolute atomic E-state index is 12.4. The molecule has 0 saturated heterocycles. The third-order valence-corrected chi connectivity index (χ3v) is 4.35. The molecular formula is C18H18ClN3O2. The van der Waals surface area contributed by atoms with Gasteiger partial charge in [-0.2, -0.15) is 0 Å². The number of benzene rings is 2. The average molecular weight is 344 g/mol. The van der Waals surface area contributed by atoms with Crippen LogP contribution in [0, 0.1) is 13.8 Å². The molecule has 0 aliphatic heterocycles. The van der Waals surface area contributed by atoms with Gasteiger partial charge >= 0.3 is 5.69 Å². The number of imidazole rings is 1. The molecule has 0 saturated carbocycles. The maximum atomic E-state index is 12.4. The van der Waals surface area contributed by atoms with Crippen molar-refractivity contribution in [2.45, 2.75) is 20.4 Å². The molecule has 24 heavy (non-hydrogen) atoms. The molecule has 0 radical (unpaired) electrons. The number of anilines is 1. The molecule has 0 aliphatic rings. The molecule has 2 aromatic carbocycles. The van der Waals surface area contributed by atoms with Crippen molar-refractivity contribution in [3.8, 4) is 0 Å². The molecule has 5 nitrogen and oxygen atoms in total. The number of hydrogen-bond acceptors (Lipinski definition) is 2. The van der Waals surface area contributed by atoms with Crippen LogP contribution in [0.3, 0.4) is 0 Å². The monoisotopic (exact) mass is 343 g/mol. The zero-order valence-electron chi connectivity index (χ0n) is 13.8. The third kappa shape index (κ3) is 2.83. The van der Waals surface area contributed by atoms with Crippen molar-refractivity contribution in [1.29, 1.82) is 0 Å². The number of carbonyl (C=O) groups is 1. The number of hydrogen-bond donors (Lipinski definition) is 1. The van der Waals surface area contributed by atoms with Gasteiger partial charge in [-0.1, -0.05) is 29.8 Å². The predicted molar refractivity (Wildman–Crippen MR) is 96.7 cm³/mol. The molecule has 3 rings (SSSR count). The van der Waals surface area contributed by atoms with Gasteiger partial charge in [-0.3, -0.25) is 13.9 Å². The second kappa shape index (κ2) is 6.17. The molecule has 0 spiro atoms. The van der Waals surface area contributed by atoms with Gasteiger partial charge in [0.25, 0.3) is 0 Å². The van der Waals surface area contributed by atoms with Gasteiger partial charge in [0.05, 0.1) is 21.7 Å². The van der Waals surface area contributed by atoms with Gasteiger partial charge in [0.15, 0.2) is 0 Å². The fourth-order valence-corrected chi connectivity index (χ4v) is 3.28. The minimum atomic E-state index is -0.290. The first-order valence-electron chi connectivity index (χ1n) is 7.59. The Morgan fingerprint density at radius 2 is 1.83 bits per heavy atom. The van der Waals surface area contributed by atoms with Crippen LogP contribution in [0.5, 0.6) is 0 Å². The molecule has 6 heteroatoms. The van der Waals surface area contributed by atoms with Crippen LogP contribution in [0.2, 0.25) is 5.02 Å². The fourth-order valence-electron chi connectivity index (χ4n) is 2.91. The van der Waals surface area contributed by atoms with E-state index in [1.165, 1.54) is 9.13 Å². The highest BCUT2D eigenvalue weighted by molar-refractivity contribution is 6.34. The van der Waals surface area contributed by atoms with Crippen LogP contribution in [0.1, 0.15) is 11.1 Å². The molecule has 0 fully saturated rings. The first kappa shape index (κ1) is 16.3. The van der Waals surface area contributed by atoms with Gasteiger partial charge in [0.2, 0.25) is 5.91 Å². The zero-order chi connectivity index (χ0) is 17.4. The van der Waals surface area contributed by atoms with E-state index in [1.54, 1.807) is 13.1 Å². The number of rotatable bonds is 3. The summed E-state index contributed by atoms with van der Waals surface area (Å²) in [6.07, 6.45) is 0. The SMILES string of the molecule is Cc1cc(C)c(NC(=O)Cn2c(=O)n(C)c3ccccc32)c(Cl)c1. The molecule has 0 bridgehead atoms. The van der Waals surface area contributed by atoms with Crippen molar-refractivity contribution in [1.82, 2.24) is 9.13 Å². The highest BCUT2D eigenvalue weighted by Crippen LogP contribution is 2.27.